The van der Waals surface area contributed by atoms with E-state index in [1.807, 2.05) is 19.1 Å². The van der Waals surface area contributed by atoms with Crippen molar-refractivity contribution in [3.05, 3.63) is 53.6 Å². The van der Waals surface area contributed by atoms with Crippen LogP contribution in [0.5, 0.6) is 5.75 Å². The predicted octanol–water partition coefficient (Wildman–Crippen LogP) is 3.61. The highest BCUT2D eigenvalue weighted by Gasteiger charge is 2.01. The van der Waals surface area contributed by atoms with Gasteiger partial charge in [0.2, 0.25) is 0 Å². The monoisotopic (exact) mass is 242 g/mol. The van der Waals surface area contributed by atoms with E-state index in [-0.39, 0.29) is 12.4 Å². The van der Waals surface area contributed by atoms with Crippen molar-refractivity contribution in [1.82, 2.24) is 0 Å². The molecule has 0 aliphatic heterocycles. The summed E-state index contributed by atoms with van der Waals surface area (Å²) in [6.45, 7) is 1.83. The van der Waals surface area contributed by atoms with E-state index < -0.39 is 0 Å². The summed E-state index contributed by atoms with van der Waals surface area (Å²) in [5, 5.41) is 26.9. The van der Waals surface area contributed by atoms with Gasteiger partial charge in [0.1, 0.15) is 11.4 Å². The summed E-state index contributed by atoms with van der Waals surface area (Å²) < 4.78 is 0. The second-order valence-electron chi connectivity index (χ2n) is 3.98. The molecule has 18 heavy (non-hydrogen) atoms. The second kappa shape index (κ2) is 5.42. The summed E-state index contributed by atoms with van der Waals surface area (Å²) in [6.07, 6.45) is 0. The minimum atomic E-state index is -0.0883. The normalized spacial score (nSPS) is 11.0. The number of rotatable bonds is 3. The third-order valence-corrected chi connectivity index (χ3v) is 2.56. The summed E-state index contributed by atoms with van der Waals surface area (Å²) in [4.78, 5) is 0. The lowest BCUT2D eigenvalue weighted by molar-refractivity contribution is 0.282. The number of aliphatic hydroxyl groups excluding tert-OH is 1. The van der Waals surface area contributed by atoms with Gasteiger partial charge in [-0.1, -0.05) is 24.3 Å². The maximum absolute atomic E-state index is 9.64. The summed E-state index contributed by atoms with van der Waals surface area (Å²) in [5.74, 6) is 0.0887. The number of aromatic hydroxyl groups is 1. The molecule has 2 aromatic rings. The molecule has 0 bridgehead atoms. The second-order valence-corrected chi connectivity index (χ2v) is 3.98. The van der Waals surface area contributed by atoms with Gasteiger partial charge in [-0.3, -0.25) is 0 Å². The van der Waals surface area contributed by atoms with Crippen LogP contribution in [0.3, 0.4) is 0 Å². The molecule has 0 aliphatic carbocycles. The minimum absolute atomic E-state index is 0.0883. The van der Waals surface area contributed by atoms with E-state index in [2.05, 4.69) is 10.2 Å². The largest absolute Gasteiger partial charge is 0.506 e. The van der Waals surface area contributed by atoms with Crippen LogP contribution in [0.15, 0.2) is 52.7 Å². The zero-order valence-corrected chi connectivity index (χ0v) is 10.0. The van der Waals surface area contributed by atoms with E-state index in [4.69, 9.17) is 5.11 Å². The number of hydrogen-bond donors (Lipinski definition) is 2. The van der Waals surface area contributed by atoms with Crippen LogP contribution in [0, 0.1) is 6.92 Å². The van der Waals surface area contributed by atoms with Gasteiger partial charge in [0.05, 0.1) is 12.3 Å². The third kappa shape index (κ3) is 2.73. The molecular formula is C14H14N2O2. The van der Waals surface area contributed by atoms with Crippen molar-refractivity contribution in [2.24, 2.45) is 10.2 Å². The van der Waals surface area contributed by atoms with Crippen LogP contribution in [0.4, 0.5) is 11.4 Å². The van der Waals surface area contributed by atoms with Gasteiger partial charge < -0.3 is 10.2 Å². The summed E-state index contributed by atoms with van der Waals surface area (Å²) in [6, 6.07) is 12.3. The predicted molar refractivity (Wildman–Crippen MR) is 69.4 cm³/mol. The Bertz CT molecular complexity index is 580. The van der Waals surface area contributed by atoms with E-state index in [0.717, 1.165) is 5.56 Å². The van der Waals surface area contributed by atoms with E-state index in [1.54, 1.807) is 30.3 Å². The fraction of sp³-hybridized carbons (Fsp3) is 0.143. The van der Waals surface area contributed by atoms with Crippen LogP contribution in [-0.4, -0.2) is 10.2 Å². The average molecular weight is 242 g/mol. The summed E-state index contributed by atoms with van der Waals surface area (Å²) in [5.41, 5.74) is 2.72. The van der Waals surface area contributed by atoms with E-state index in [0.29, 0.717) is 16.9 Å². The van der Waals surface area contributed by atoms with Gasteiger partial charge in [0.25, 0.3) is 0 Å². The molecule has 2 rings (SSSR count). The highest BCUT2D eigenvalue weighted by molar-refractivity contribution is 5.53. The highest BCUT2D eigenvalue weighted by atomic mass is 16.3. The molecule has 4 nitrogen and oxygen atoms in total. The first-order valence-corrected chi connectivity index (χ1v) is 5.61. The van der Waals surface area contributed by atoms with Gasteiger partial charge in [-0.25, -0.2) is 0 Å². The van der Waals surface area contributed by atoms with Crippen molar-refractivity contribution < 1.29 is 10.2 Å². The van der Waals surface area contributed by atoms with Gasteiger partial charge in [0.15, 0.2) is 0 Å². The number of phenols is 1. The topological polar surface area (TPSA) is 65.2 Å². The molecule has 2 N–H and O–H groups in total. The smallest absolute Gasteiger partial charge is 0.143 e. The summed E-state index contributed by atoms with van der Waals surface area (Å²) in [7, 11) is 0. The number of aryl methyl sites for hydroxylation is 1. The highest BCUT2D eigenvalue weighted by Crippen LogP contribution is 2.29. The summed E-state index contributed by atoms with van der Waals surface area (Å²) >= 11 is 0. The Hall–Kier alpha value is -2.20. The van der Waals surface area contributed by atoms with Gasteiger partial charge in [-0.15, -0.1) is 5.11 Å². The Labute approximate surface area is 105 Å². The molecule has 0 heterocycles. The lowest BCUT2D eigenvalue weighted by Gasteiger charge is -2.01. The molecule has 0 aliphatic rings. The van der Waals surface area contributed by atoms with E-state index in [1.165, 1.54) is 0 Å². The van der Waals surface area contributed by atoms with Gasteiger partial charge >= 0.3 is 0 Å². The molecule has 4 heteroatoms. The molecule has 92 valence electrons. The maximum atomic E-state index is 9.64. The lowest BCUT2D eigenvalue weighted by atomic mass is 10.2. The van der Waals surface area contributed by atoms with Crippen molar-refractivity contribution in [2.45, 2.75) is 13.5 Å². The molecule has 0 radical (unpaired) electrons. The number of phenolic OH excluding ortho intramolecular Hbond substituents is 1. The minimum Gasteiger partial charge on any atom is -0.506 e. The van der Waals surface area contributed by atoms with E-state index >= 15 is 0 Å². The molecule has 0 atom stereocenters. The molecule has 0 saturated heterocycles. The first kappa shape index (κ1) is 12.3. The number of aliphatic hydroxyl groups is 1. The molecule has 0 spiro atoms. The Morgan fingerprint density at radius 3 is 2.50 bits per heavy atom. The van der Waals surface area contributed by atoms with Crippen molar-refractivity contribution in [3.63, 3.8) is 0 Å². The molecule has 0 saturated carbocycles. The zero-order chi connectivity index (χ0) is 13.0. The van der Waals surface area contributed by atoms with Gasteiger partial charge in [0, 0.05) is 5.56 Å². The fourth-order valence-corrected chi connectivity index (χ4v) is 1.56. The van der Waals surface area contributed by atoms with Crippen molar-refractivity contribution >= 4 is 11.4 Å². The van der Waals surface area contributed by atoms with Gasteiger partial charge in [-0.2, -0.15) is 5.11 Å². The fourth-order valence-electron chi connectivity index (χ4n) is 1.56. The van der Waals surface area contributed by atoms with Crippen molar-refractivity contribution in [2.75, 3.05) is 0 Å². The number of hydrogen-bond acceptors (Lipinski definition) is 4. The molecule has 0 aromatic heterocycles. The molecule has 2 aromatic carbocycles. The standard InChI is InChI=1S/C14H14N2O2/c1-10-6-7-14(18)13(8-10)16-15-12-5-3-2-4-11(12)9-17/h2-8,17-18H,9H2,1H3. The SMILES string of the molecule is Cc1ccc(O)c(N=Nc2ccccc2CO)c1. The van der Waals surface area contributed by atoms with Crippen LogP contribution in [0.1, 0.15) is 11.1 Å². The molecule has 0 unspecified atom stereocenters. The first-order chi connectivity index (χ1) is 8.70. The van der Waals surface area contributed by atoms with E-state index in [9.17, 15) is 5.11 Å². The Morgan fingerprint density at radius 2 is 1.72 bits per heavy atom. The Balaban J connectivity index is 2.33. The molecule has 0 amide bonds. The Kier molecular flexibility index (Phi) is 3.69. The number of azo groups is 1. The van der Waals surface area contributed by atoms with Gasteiger partial charge in [-0.05, 0) is 30.7 Å². The first-order valence-electron chi connectivity index (χ1n) is 5.61. The zero-order valence-electron chi connectivity index (χ0n) is 10.0. The van der Waals surface area contributed by atoms with Crippen molar-refractivity contribution in [1.29, 1.82) is 0 Å². The van der Waals surface area contributed by atoms with Crippen LogP contribution in [-0.2, 0) is 6.61 Å². The van der Waals surface area contributed by atoms with Crippen LogP contribution in [0.25, 0.3) is 0 Å². The van der Waals surface area contributed by atoms with Crippen LogP contribution < -0.4 is 0 Å². The maximum Gasteiger partial charge on any atom is 0.143 e. The lowest BCUT2D eigenvalue weighted by Crippen LogP contribution is -1.81. The van der Waals surface area contributed by atoms with Crippen LogP contribution in [0.2, 0.25) is 0 Å². The number of nitrogens with zero attached hydrogens (tertiary/aromatic N) is 2. The molecule has 0 fully saturated rings. The number of benzene rings is 2. The third-order valence-electron chi connectivity index (χ3n) is 2.56. The quantitative estimate of drug-likeness (QED) is 0.807. The van der Waals surface area contributed by atoms with Crippen molar-refractivity contribution in [3.8, 4) is 5.75 Å². The molecular weight excluding hydrogens is 228 g/mol. The van der Waals surface area contributed by atoms with Crippen LogP contribution >= 0.6 is 0 Å². The average Bonchev–Trinajstić information content (AvgIpc) is 2.40. The Morgan fingerprint density at radius 1 is 1.00 bits per heavy atom.